The van der Waals surface area contributed by atoms with E-state index in [0.717, 1.165) is 38.3 Å². The van der Waals surface area contributed by atoms with E-state index in [0.29, 0.717) is 4.91 Å². The fourth-order valence-electron chi connectivity index (χ4n) is 2.97. The molecule has 3 aromatic carbocycles. The van der Waals surface area contributed by atoms with E-state index in [1.807, 2.05) is 66.7 Å². The summed E-state index contributed by atoms with van der Waals surface area (Å²) in [6, 6.07) is 21.4. The van der Waals surface area contributed by atoms with E-state index in [1.54, 1.807) is 6.08 Å². The van der Waals surface area contributed by atoms with Crippen molar-refractivity contribution in [3.63, 3.8) is 0 Å². The summed E-state index contributed by atoms with van der Waals surface area (Å²) in [4.78, 5) is 26.5. The van der Waals surface area contributed by atoms with Crippen molar-refractivity contribution >= 4 is 55.7 Å². The highest BCUT2D eigenvalue weighted by Crippen LogP contribution is 2.32. The van der Waals surface area contributed by atoms with E-state index in [4.69, 9.17) is 4.74 Å². The lowest BCUT2D eigenvalue weighted by atomic mass is 10.1. The van der Waals surface area contributed by atoms with Gasteiger partial charge in [0.05, 0.1) is 11.4 Å². The lowest BCUT2D eigenvalue weighted by molar-refractivity contribution is -0.123. The number of thioether (sulfide) groups is 1. The Morgan fingerprint density at radius 1 is 0.964 bits per heavy atom. The third-order valence-corrected chi connectivity index (χ3v) is 5.80. The molecule has 28 heavy (non-hydrogen) atoms. The van der Waals surface area contributed by atoms with E-state index < -0.39 is 0 Å². The third kappa shape index (κ3) is 3.98. The summed E-state index contributed by atoms with van der Waals surface area (Å²) < 4.78 is 6.83. The van der Waals surface area contributed by atoms with Crippen LogP contribution in [0.25, 0.3) is 16.8 Å². The maximum absolute atomic E-state index is 12.6. The van der Waals surface area contributed by atoms with Gasteiger partial charge in [0.25, 0.3) is 11.1 Å². The van der Waals surface area contributed by atoms with Gasteiger partial charge < -0.3 is 4.74 Å². The topological polar surface area (TPSA) is 46.6 Å². The quantitative estimate of drug-likeness (QED) is 0.463. The van der Waals surface area contributed by atoms with Crippen LogP contribution in [-0.2, 0) is 4.79 Å². The van der Waals surface area contributed by atoms with E-state index in [9.17, 15) is 9.59 Å². The Hall–Kier alpha value is -2.57. The Balaban J connectivity index is 1.43. The molecular weight excluding hydrogens is 438 g/mol. The molecule has 0 unspecified atom stereocenters. The average molecular weight is 454 g/mol. The first-order valence-electron chi connectivity index (χ1n) is 8.73. The van der Waals surface area contributed by atoms with E-state index in [-0.39, 0.29) is 24.3 Å². The van der Waals surface area contributed by atoms with Crippen LogP contribution in [0.4, 0.5) is 4.79 Å². The Kier molecular flexibility index (Phi) is 5.50. The van der Waals surface area contributed by atoms with Crippen LogP contribution in [0.1, 0.15) is 5.56 Å². The second-order valence-corrected chi connectivity index (χ2v) is 8.12. The Morgan fingerprint density at radius 2 is 1.71 bits per heavy atom. The van der Waals surface area contributed by atoms with E-state index in [1.165, 1.54) is 4.90 Å². The first kappa shape index (κ1) is 18.8. The van der Waals surface area contributed by atoms with Crippen LogP contribution in [-0.4, -0.2) is 29.2 Å². The van der Waals surface area contributed by atoms with Crippen LogP contribution < -0.4 is 4.74 Å². The highest BCUT2D eigenvalue weighted by atomic mass is 79.9. The first-order valence-corrected chi connectivity index (χ1v) is 10.3. The minimum Gasteiger partial charge on any atom is -0.491 e. The molecule has 1 heterocycles. The molecule has 6 heteroatoms. The van der Waals surface area contributed by atoms with Crippen LogP contribution in [0, 0.1) is 0 Å². The van der Waals surface area contributed by atoms with Crippen molar-refractivity contribution in [2.45, 2.75) is 0 Å². The van der Waals surface area contributed by atoms with Crippen molar-refractivity contribution < 1.29 is 14.3 Å². The number of nitrogens with zero attached hydrogens (tertiary/aromatic N) is 1. The molecule has 4 nitrogen and oxygen atoms in total. The minimum atomic E-state index is -0.278. The fourth-order valence-corrected chi connectivity index (χ4v) is 4.10. The zero-order valence-electron chi connectivity index (χ0n) is 14.8. The average Bonchev–Trinajstić information content (AvgIpc) is 2.97. The minimum absolute atomic E-state index is 0.214. The molecule has 0 N–H and O–H groups in total. The number of halogens is 1. The summed E-state index contributed by atoms with van der Waals surface area (Å²) in [5, 5.41) is 1.83. The summed E-state index contributed by atoms with van der Waals surface area (Å²) in [6.07, 6.45) is 1.74. The molecule has 1 saturated heterocycles. The number of rotatable bonds is 5. The molecule has 140 valence electrons. The van der Waals surface area contributed by atoms with Gasteiger partial charge in [0.1, 0.15) is 12.4 Å². The summed E-state index contributed by atoms with van der Waals surface area (Å²) in [6.45, 7) is 0.461. The van der Waals surface area contributed by atoms with Crippen molar-refractivity contribution in [2.75, 3.05) is 13.2 Å². The molecule has 2 amide bonds. The predicted molar refractivity (Wildman–Crippen MR) is 116 cm³/mol. The number of amides is 2. The molecule has 0 aliphatic carbocycles. The summed E-state index contributed by atoms with van der Waals surface area (Å²) in [5.74, 6) is 0.468. The number of imide groups is 1. The maximum atomic E-state index is 12.6. The SMILES string of the molecule is O=C1S/C(=C\c2ccc(Br)cc2)C(=O)N1CCOc1cccc2ccccc12. The summed E-state index contributed by atoms with van der Waals surface area (Å²) in [5.41, 5.74) is 0.876. The number of benzene rings is 3. The van der Waals surface area contributed by atoms with Gasteiger partial charge in [-0.2, -0.15) is 0 Å². The molecule has 1 aliphatic rings. The van der Waals surface area contributed by atoms with Gasteiger partial charge in [-0.15, -0.1) is 0 Å². The molecule has 3 aromatic rings. The van der Waals surface area contributed by atoms with Crippen molar-refractivity contribution in [3.8, 4) is 5.75 Å². The van der Waals surface area contributed by atoms with Crippen LogP contribution in [0.2, 0.25) is 0 Å². The van der Waals surface area contributed by atoms with Crippen LogP contribution >= 0.6 is 27.7 Å². The normalized spacial score (nSPS) is 15.6. The highest BCUT2D eigenvalue weighted by Gasteiger charge is 2.34. The Labute approximate surface area is 175 Å². The number of hydrogen-bond donors (Lipinski definition) is 0. The van der Waals surface area contributed by atoms with Gasteiger partial charge in [0, 0.05) is 9.86 Å². The number of fused-ring (bicyclic) bond motifs is 1. The number of ether oxygens (including phenoxy) is 1. The number of hydrogen-bond acceptors (Lipinski definition) is 4. The van der Waals surface area contributed by atoms with Gasteiger partial charge in [-0.3, -0.25) is 14.5 Å². The van der Waals surface area contributed by atoms with Crippen molar-refractivity contribution in [3.05, 3.63) is 81.7 Å². The maximum Gasteiger partial charge on any atom is 0.293 e. The van der Waals surface area contributed by atoms with Gasteiger partial charge in [-0.25, -0.2) is 0 Å². The lowest BCUT2D eigenvalue weighted by Crippen LogP contribution is -2.32. The van der Waals surface area contributed by atoms with Gasteiger partial charge in [0.15, 0.2) is 0 Å². The molecule has 0 saturated carbocycles. The fraction of sp³-hybridized carbons (Fsp3) is 0.0909. The monoisotopic (exact) mass is 453 g/mol. The van der Waals surface area contributed by atoms with Crippen molar-refractivity contribution in [1.29, 1.82) is 0 Å². The molecular formula is C22H16BrNO3S. The van der Waals surface area contributed by atoms with Crippen LogP contribution in [0.3, 0.4) is 0 Å². The predicted octanol–water partition coefficient (Wildman–Crippen LogP) is 5.72. The number of carbonyl (C=O) groups excluding carboxylic acids is 2. The largest absolute Gasteiger partial charge is 0.491 e. The van der Waals surface area contributed by atoms with Gasteiger partial charge in [0.2, 0.25) is 0 Å². The Bertz CT molecular complexity index is 1070. The van der Waals surface area contributed by atoms with Gasteiger partial charge >= 0.3 is 0 Å². The van der Waals surface area contributed by atoms with Crippen molar-refractivity contribution in [1.82, 2.24) is 4.90 Å². The smallest absolute Gasteiger partial charge is 0.293 e. The zero-order chi connectivity index (χ0) is 19.5. The molecule has 1 fully saturated rings. The molecule has 1 aliphatic heterocycles. The second-order valence-electron chi connectivity index (χ2n) is 6.21. The molecule has 0 aromatic heterocycles. The third-order valence-electron chi connectivity index (χ3n) is 4.36. The van der Waals surface area contributed by atoms with Crippen LogP contribution in [0.15, 0.2) is 76.1 Å². The number of carbonyl (C=O) groups is 2. The van der Waals surface area contributed by atoms with E-state index >= 15 is 0 Å². The summed E-state index contributed by atoms with van der Waals surface area (Å²) >= 11 is 4.34. The molecule has 4 rings (SSSR count). The highest BCUT2D eigenvalue weighted by molar-refractivity contribution is 9.10. The van der Waals surface area contributed by atoms with Crippen molar-refractivity contribution in [2.24, 2.45) is 0 Å². The molecule has 0 spiro atoms. The first-order chi connectivity index (χ1) is 13.6. The second kappa shape index (κ2) is 8.20. The standard InChI is InChI=1S/C22H16BrNO3S/c23-17-10-8-15(9-11-17)14-20-21(25)24(22(26)28-20)12-13-27-19-7-3-5-16-4-1-2-6-18(16)19/h1-11,14H,12-13H2/b20-14-. The van der Waals surface area contributed by atoms with Crippen LogP contribution in [0.5, 0.6) is 5.75 Å². The van der Waals surface area contributed by atoms with Gasteiger partial charge in [-0.1, -0.05) is 64.5 Å². The van der Waals surface area contributed by atoms with Gasteiger partial charge in [-0.05, 0) is 47.0 Å². The van der Waals surface area contributed by atoms with E-state index in [2.05, 4.69) is 15.9 Å². The lowest BCUT2D eigenvalue weighted by Gasteiger charge is -2.14. The molecule has 0 bridgehead atoms. The summed E-state index contributed by atoms with van der Waals surface area (Å²) in [7, 11) is 0. The zero-order valence-corrected chi connectivity index (χ0v) is 17.2. The molecule has 0 radical (unpaired) electrons. The Morgan fingerprint density at radius 3 is 2.54 bits per heavy atom. The molecule has 0 atom stereocenters.